The van der Waals surface area contributed by atoms with Crippen LogP contribution in [0.15, 0.2) is 54.9 Å². The zero-order chi connectivity index (χ0) is 22.3. The van der Waals surface area contributed by atoms with Gasteiger partial charge in [0.05, 0.1) is 25.3 Å². The second kappa shape index (κ2) is 10.5. The van der Waals surface area contributed by atoms with Crippen LogP contribution in [0.5, 0.6) is 5.75 Å². The molecule has 0 spiro atoms. The number of aromatic nitrogens is 2. The lowest BCUT2D eigenvalue weighted by Crippen LogP contribution is -2.45. The monoisotopic (exact) mass is 435 g/mol. The molecule has 2 aromatic heterocycles. The zero-order valence-corrected chi connectivity index (χ0v) is 18.2. The SMILES string of the molecule is COc1ccc2nccc(C(O)CN3CCC(NCC(=O)Nc4ccccn4)CC3)c2c1. The first-order chi connectivity index (χ1) is 15.6. The number of benzene rings is 1. The van der Waals surface area contributed by atoms with Crippen LogP contribution in [-0.4, -0.2) is 65.2 Å². The van der Waals surface area contributed by atoms with Gasteiger partial charge in [-0.25, -0.2) is 4.98 Å². The number of hydrogen-bond donors (Lipinski definition) is 3. The van der Waals surface area contributed by atoms with Crippen LogP contribution in [0.3, 0.4) is 0 Å². The molecule has 0 radical (unpaired) electrons. The predicted octanol–water partition coefficient (Wildman–Crippen LogP) is 2.36. The molecule has 1 saturated heterocycles. The van der Waals surface area contributed by atoms with E-state index < -0.39 is 6.10 Å². The number of likely N-dealkylation sites (tertiary alicyclic amines) is 1. The van der Waals surface area contributed by atoms with E-state index in [0.717, 1.165) is 48.1 Å². The fourth-order valence-electron chi connectivity index (χ4n) is 4.09. The number of β-amino-alcohol motifs (C(OH)–C–C–N with tert-alkyl or cyclic N) is 1. The summed E-state index contributed by atoms with van der Waals surface area (Å²) < 4.78 is 5.33. The van der Waals surface area contributed by atoms with Crippen molar-refractivity contribution in [2.24, 2.45) is 0 Å². The van der Waals surface area contributed by atoms with Gasteiger partial charge in [-0.3, -0.25) is 9.78 Å². The third-order valence-corrected chi connectivity index (χ3v) is 5.84. The molecule has 8 heteroatoms. The van der Waals surface area contributed by atoms with Crippen LogP contribution in [0.2, 0.25) is 0 Å². The fourth-order valence-corrected chi connectivity index (χ4v) is 4.09. The first kappa shape index (κ1) is 22.1. The Balaban J connectivity index is 1.26. The van der Waals surface area contributed by atoms with Crippen molar-refractivity contribution in [3.8, 4) is 5.75 Å². The molecule has 8 nitrogen and oxygen atoms in total. The van der Waals surface area contributed by atoms with Gasteiger partial charge in [0, 0.05) is 30.4 Å². The quantitative estimate of drug-likeness (QED) is 0.499. The highest BCUT2D eigenvalue weighted by Crippen LogP contribution is 2.27. The van der Waals surface area contributed by atoms with Crippen molar-refractivity contribution < 1.29 is 14.6 Å². The molecule has 3 N–H and O–H groups in total. The van der Waals surface area contributed by atoms with E-state index in [1.807, 2.05) is 36.4 Å². The number of ether oxygens (including phenoxy) is 1. The number of aliphatic hydroxyl groups excluding tert-OH is 1. The van der Waals surface area contributed by atoms with E-state index in [1.54, 1.807) is 25.6 Å². The molecule has 1 atom stereocenters. The first-order valence-electron chi connectivity index (χ1n) is 10.9. The minimum atomic E-state index is -0.610. The lowest BCUT2D eigenvalue weighted by atomic mass is 10.0. The van der Waals surface area contributed by atoms with E-state index in [9.17, 15) is 9.90 Å². The Morgan fingerprint density at radius 3 is 2.78 bits per heavy atom. The van der Waals surface area contributed by atoms with Crippen molar-refractivity contribution in [1.82, 2.24) is 20.2 Å². The molecule has 168 valence electrons. The van der Waals surface area contributed by atoms with E-state index in [0.29, 0.717) is 12.4 Å². The molecular weight excluding hydrogens is 406 g/mol. The number of carbonyl (C=O) groups excluding carboxylic acids is 1. The number of methoxy groups -OCH3 is 1. The van der Waals surface area contributed by atoms with Gasteiger partial charge in [0.25, 0.3) is 0 Å². The average Bonchev–Trinajstić information content (AvgIpc) is 2.83. The largest absolute Gasteiger partial charge is 0.497 e. The summed E-state index contributed by atoms with van der Waals surface area (Å²) in [4.78, 5) is 22.9. The molecule has 1 aliphatic heterocycles. The summed E-state index contributed by atoms with van der Waals surface area (Å²) in [6, 6.07) is 13.3. The minimum absolute atomic E-state index is 0.0958. The number of nitrogens with one attached hydrogen (secondary N) is 2. The van der Waals surface area contributed by atoms with Gasteiger partial charge >= 0.3 is 0 Å². The molecule has 0 saturated carbocycles. The topological polar surface area (TPSA) is 99.6 Å². The van der Waals surface area contributed by atoms with Gasteiger partial charge < -0.3 is 25.4 Å². The summed E-state index contributed by atoms with van der Waals surface area (Å²) in [7, 11) is 1.63. The van der Waals surface area contributed by atoms with Gasteiger partial charge in [0.15, 0.2) is 0 Å². The summed E-state index contributed by atoms with van der Waals surface area (Å²) in [5.74, 6) is 1.21. The van der Waals surface area contributed by atoms with E-state index in [-0.39, 0.29) is 18.5 Å². The van der Waals surface area contributed by atoms with Crippen molar-refractivity contribution in [3.05, 3.63) is 60.4 Å². The Morgan fingerprint density at radius 2 is 2.03 bits per heavy atom. The van der Waals surface area contributed by atoms with E-state index in [4.69, 9.17) is 4.74 Å². The molecule has 1 fully saturated rings. The van der Waals surface area contributed by atoms with Gasteiger partial charge in [-0.05, 0) is 67.9 Å². The standard InChI is InChI=1S/C24H29N5O3/c1-32-18-5-6-21-20(14-18)19(7-11-25-21)22(30)16-29-12-8-17(9-13-29)27-15-24(31)28-23-4-2-3-10-26-23/h2-7,10-11,14,17,22,27,30H,8-9,12-13,15-16H2,1H3,(H,26,28,31). The smallest absolute Gasteiger partial charge is 0.239 e. The Labute approximate surface area is 187 Å². The summed E-state index contributed by atoms with van der Waals surface area (Å²) in [6.07, 6.45) is 4.63. The maximum Gasteiger partial charge on any atom is 0.239 e. The van der Waals surface area contributed by atoms with Crippen molar-refractivity contribution in [2.75, 3.05) is 38.6 Å². The summed E-state index contributed by atoms with van der Waals surface area (Å²) >= 11 is 0. The van der Waals surface area contributed by atoms with Crippen LogP contribution in [0.4, 0.5) is 5.82 Å². The zero-order valence-electron chi connectivity index (χ0n) is 18.2. The summed E-state index contributed by atoms with van der Waals surface area (Å²) in [5.41, 5.74) is 1.70. The van der Waals surface area contributed by atoms with Gasteiger partial charge in [0.1, 0.15) is 11.6 Å². The van der Waals surface area contributed by atoms with Crippen molar-refractivity contribution >= 4 is 22.6 Å². The highest BCUT2D eigenvalue weighted by molar-refractivity contribution is 5.91. The van der Waals surface area contributed by atoms with E-state index >= 15 is 0 Å². The molecule has 1 amide bonds. The lowest BCUT2D eigenvalue weighted by Gasteiger charge is -2.33. The number of anilines is 1. The van der Waals surface area contributed by atoms with Crippen LogP contribution in [-0.2, 0) is 4.79 Å². The molecule has 3 heterocycles. The number of piperidine rings is 1. The second-order valence-corrected chi connectivity index (χ2v) is 8.02. The molecule has 0 aliphatic carbocycles. The Hall–Kier alpha value is -3.07. The lowest BCUT2D eigenvalue weighted by molar-refractivity contribution is -0.115. The first-order valence-corrected chi connectivity index (χ1v) is 10.9. The number of carbonyl (C=O) groups is 1. The van der Waals surface area contributed by atoms with Crippen LogP contribution >= 0.6 is 0 Å². The van der Waals surface area contributed by atoms with Crippen molar-refractivity contribution in [3.63, 3.8) is 0 Å². The van der Waals surface area contributed by atoms with Gasteiger partial charge in [-0.15, -0.1) is 0 Å². The normalized spacial score (nSPS) is 16.1. The van der Waals surface area contributed by atoms with Gasteiger partial charge in [-0.1, -0.05) is 6.07 Å². The molecule has 4 rings (SSSR count). The van der Waals surface area contributed by atoms with Crippen LogP contribution in [0.25, 0.3) is 10.9 Å². The number of aliphatic hydroxyl groups is 1. The van der Waals surface area contributed by atoms with Crippen LogP contribution in [0.1, 0.15) is 24.5 Å². The maximum absolute atomic E-state index is 12.1. The number of fused-ring (bicyclic) bond motifs is 1. The molecule has 0 bridgehead atoms. The highest BCUT2D eigenvalue weighted by atomic mass is 16.5. The summed E-state index contributed by atoms with van der Waals surface area (Å²) in [6.45, 7) is 2.55. The summed E-state index contributed by atoms with van der Waals surface area (Å²) in [5, 5.41) is 18.0. The third kappa shape index (κ3) is 5.59. The molecule has 1 aliphatic rings. The minimum Gasteiger partial charge on any atom is -0.497 e. The van der Waals surface area contributed by atoms with Crippen LogP contribution in [0, 0.1) is 0 Å². The number of pyridine rings is 2. The predicted molar refractivity (Wildman–Crippen MR) is 124 cm³/mol. The maximum atomic E-state index is 12.1. The molecular formula is C24H29N5O3. The Kier molecular flexibility index (Phi) is 7.26. The van der Waals surface area contributed by atoms with E-state index in [2.05, 4.69) is 25.5 Å². The fraction of sp³-hybridized carbons (Fsp3) is 0.375. The highest BCUT2D eigenvalue weighted by Gasteiger charge is 2.23. The molecule has 3 aromatic rings. The van der Waals surface area contributed by atoms with Crippen molar-refractivity contribution in [1.29, 1.82) is 0 Å². The van der Waals surface area contributed by atoms with Crippen LogP contribution < -0.4 is 15.4 Å². The number of hydrogen-bond acceptors (Lipinski definition) is 7. The van der Waals surface area contributed by atoms with Gasteiger partial charge in [-0.2, -0.15) is 0 Å². The van der Waals surface area contributed by atoms with E-state index in [1.165, 1.54) is 0 Å². The molecule has 1 unspecified atom stereocenters. The Morgan fingerprint density at radius 1 is 1.19 bits per heavy atom. The molecule has 1 aromatic carbocycles. The molecule has 32 heavy (non-hydrogen) atoms. The van der Waals surface area contributed by atoms with Crippen molar-refractivity contribution in [2.45, 2.75) is 25.0 Å². The Bertz CT molecular complexity index is 1040. The number of nitrogens with zero attached hydrogens (tertiary/aromatic N) is 3. The second-order valence-electron chi connectivity index (χ2n) is 8.02. The third-order valence-electron chi connectivity index (χ3n) is 5.84. The van der Waals surface area contributed by atoms with Gasteiger partial charge in [0.2, 0.25) is 5.91 Å². The average molecular weight is 436 g/mol. The number of amides is 1. The number of rotatable bonds is 8.